The van der Waals surface area contributed by atoms with Gasteiger partial charge in [0.05, 0.1) is 10.6 Å². The van der Waals surface area contributed by atoms with Gasteiger partial charge in [-0.1, -0.05) is 11.6 Å². The number of hydrogen-bond donors (Lipinski definition) is 2. The maximum Gasteiger partial charge on any atom is 0.257 e. The monoisotopic (exact) mass is 310 g/mol. The molecule has 0 saturated carbocycles. The minimum absolute atomic E-state index is 0.199. The number of primary amides is 1. The average Bonchev–Trinajstić information content (AvgIpc) is 2.43. The van der Waals surface area contributed by atoms with Crippen molar-refractivity contribution in [3.05, 3.63) is 64.2 Å². The summed E-state index contributed by atoms with van der Waals surface area (Å²) in [6, 6.07) is 7.18. The normalized spacial score (nSPS) is 10.2. The topological polar surface area (TPSA) is 72.2 Å². The van der Waals surface area contributed by atoms with Gasteiger partial charge in [0.15, 0.2) is 11.6 Å². The molecule has 0 unspecified atom stereocenters. The predicted molar refractivity (Wildman–Crippen MR) is 74.3 cm³/mol. The lowest BCUT2D eigenvalue weighted by atomic mass is 10.1. The molecule has 0 aromatic heterocycles. The minimum Gasteiger partial charge on any atom is -0.366 e. The van der Waals surface area contributed by atoms with Crippen LogP contribution in [0.2, 0.25) is 5.02 Å². The van der Waals surface area contributed by atoms with Gasteiger partial charge >= 0.3 is 0 Å². The number of amides is 2. The molecule has 7 heteroatoms. The van der Waals surface area contributed by atoms with Gasteiger partial charge in [0, 0.05) is 11.3 Å². The molecule has 0 spiro atoms. The molecule has 2 aromatic carbocycles. The van der Waals surface area contributed by atoms with E-state index in [1.165, 1.54) is 24.3 Å². The second kappa shape index (κ2) is 5.88. The van der Waals surface area contributed by atoms with Crippen molar-refractivity contribution < 1.29 is 18.4 Å². The van der Waals surface area contributed by atoms with E-state index >= 15 is 0 Å². The number of nitrogens with one attached hydrogen (secondary N) is 1. The summed E-state index contributed by atoms with van der Waals surface area (Å²) in [5, 5.41) is 2.24. The van der Waals surface area contributed by atoms with Crippen molar-refractivity contribution >= 4 is 29.1 Å². The maximum absolute atomic E-state index is 13.1. The lowest BCUT2D eigenvalue weighted by Gasteiger charge is -2.07. The highest BCUT2D eigenvalue weighted by molar-refractivity contribution is 6.34. The largest absolute Gasteiger partial charge is 0.366 e. The Morgan fingerprint density at radius 1 is 1.05 bits per heavy atom. The highest BCUT2D eigenvalue weighted by Crippen LogP contribution is 2.21. The third-order valence-electron chi connectivity index (χ3n) is 2.68. The van der Waals surface area contributed by atoms with Crippen molar-refractivity contribution in [2.24, 2.45) is 5.73 Å². The van der Waals surface area contributed by atoms with Gasteiger partial charge in [0.2, 0.25) is 5.91 Å². The first-order valence-corrected chi connectivity index (χ1v) is 6.12. The summed E-state index contributed by atoms with van der Waals surface area (Å²) in [4.78, 5) is 22.9. The standard InChI is InChI=1S/C14H9ClF2N2O2/c15-10-6-12(17)11(16)5-9(10)14(21)19-8-3-1-7(2-4-8)13(18)20/h1-6H,(H2,18,20)(H,19,21). The van der Waals surface area contributed by atoms with Crippen molar-refractivity contribution in [1.29, 1.82) is 0 Å². The zero-order valence-electron chi connectivity index (χ0n) is 10.5. The Hall–Kier alpha value is -2.47. The van der Waals surface area contributed by atoms with Crippen molar-refractivity contribution in [3.63, 3.8) is 0 Å². The first-order valence-electron chi connectivity index (χ1n) is 5.74. The predicted octanol–water partition coefficient (Wildman–Crippen LogP) is 2.97. The van der Waals surface area contributed by atoms with E-state index in [4.69, 9.17) is 17.3 Å². The number of anilines is 1. The van der Waals surface area contributed by atoms with E-state index < -0.39 is 23.4 Å². The van der Waals surface area contributed by atoms with Crippen LogP contribution in [-0.4, -0.2) is 11.8 Å². The van der Waals surface area contributed by atoms with E-state index in [1.54, 1.807) is 0 Å². The van der Waals surface area contributed by atoms with E-state index in [0.717, 1.165) is 6.07 Å². The molecule has 3 N–H and O–H groups in total. The van der Waals surface area contributed by atoms with E-state index in [1.807, 2.05) is 0 Å². The van der Waals surface area contributed by atoms with E-state index in [0.29, 0.717) is 11.8 Å². The van der Waals surface area contributed by atoms with E-state index in [9.17, 15) is 18.4 Å². The molecule has 2 aromatic rings. The van der Waals surface area contributed by atoms with E-state index in [-0.39, 0.29) is 16.1 Å². The average molecular weight is 311 g/mol. The fourth-order valence-electron chi connectivity index (χ4n) is 1.61. The lowest BCUT2D eigenvalue weighted by molar-refractivity contribution is 0.0998. The number of halogens is 3. The molecule has 0 aliphatic heterocycles. The highest BCUT2D eigenvalue weighted by Gasteiger charge is 2.15. The Kier molecular flexibility index (Phi) is 4.18. The fraction of sp³-hybridized carbons (Fsp3) is 0. The summed E-state index contributed by atoms with van der Waals surface area (Å²) in [7, 11) is 0. The first-order chi connectivity index (χ1) is 9.88. The molecule has 2 amide bonds. The summed E-state index contributed by atoms with van der Waals surface area (Å²) < 4.78 is 26.1. The Bertz CT molecular complexity index is 718. The molecular weight excluding hydrogens is 302 g/mol. The maximum atomic E-state index is 13.1. The Morgan fingerprint density at radius 2 is 1.62 bits per heavy atom. The fourth-order valence-corrected chi connectivity index (χ4v) is 1.85. The van der Waals surface area contributed by atoms with Crippen LogP contribution in [0.4, 0.5) is 14.5 Å². The number of carbonyl (C=O) groups excluding carboxylic acids is 2. The van der Waals surface area contributed by atoms with Crippen LogP contribution in [0.15, 0.2) is 36.4 Å². The lowest BCUT2D eigenvalue weighted by Crippen LogP contribution is -2.14. The molecule has 0 radical (unpaired) electrons. The summed E-state index contributed by atoms with van der Waals surface area (Å²) in [5.41, 5.74) is 5.52. The van der Waals surface area contributed by atoms with Crippen molar-refractivity contribution in [2.45, 2.75) is 0 Å². The van der Waals surface area contributed by atoms with Gasteiger partial charge < -0.3 is 11.1 Å². The summed E-state index contributed by atoms with van der Waals surface area (Å²) in [6.45, 7) is 0. The molecule has 108 valence electrons. The van der Waals surface area contributed by atoms with Crippen LogP contribution in [0.5, 0.6) is 0 Å². The van der Waals surface area contributed by atoms with Gasteiger partial charge in [0.1, 0.15) is 0 Å². The molecule has 0 aliphatic rings. The number of hydrogen-bond acceptors (Lipinski definition) is 2. The number of carbonyl (C=O) groups is 2. The molecular formula is C14H9ClF2N2O2. The van der Waals surface area contributed by atoms with Crippen LogP contribution in [-0.2, 0) is 0 Å². The quantitative estimate of drug-likeness (QED) is 0.855. The van der Waals surface area contributed by atoms with Gasteiger partial charge in [0.25, 0.3) is 5.91 Å². The molecule has 2 rings (SSSR count). The van der Waals surface area contributed by atoms with Gasteiger partial charge in [-0.15, -0.1) is 0 Å². The minimum atomic E-state index is -1.17. The smallest absolute Gasteiger partial charge is 0.257 e. The first kappa shape index (κ1) is 14.9. The molecule has 0 aliphatic carbocycles. The number of benzene rings is 2. The van der Waals surface area contributed by atoms with Gasteiger partial charge in [-0.25, -0.2) is 8.78 Å². The van der Waals surface area contributed by atoms with Gasteiger partial charge in [-0.3, -0.25) is 9.59 Å². The van der Waals surface area contributed by atoms with Crippen molar-refractivity contribution in [1.82, 2.24) is 0 Å². The van der Waals surface area contributed by atoms with Crippen LogP contribution < -0.4 is 11.1 Å². The van der Waals surface area contributed by atoms with Crippen LogP contribution in [0.1, 0.15) is 20.7 Å². The Labute approximate surface area is 123 Å². The Balaban J connectivity index is 2.22. The third kappa shape index (κ3) is 3.35. The number of rotatable bonds is 3. The molecule has 0 atom stereocenters. The highest BCUT2D eigenvalue weighted by atomic mass is 35.5. The Morgan fingerprint density at radius 3 is 2.19 bits per heavy atom. The molecule has 0 bridgehead atoms. The van der Waals surface area contributed by atoms with E-state index in [2.05, 4.69) is 5.32 Å². The number of nitrogens with two attached hydrogens (primary N) is 1. The zero-order chi connectivity index (χ0) is 15.6. The summed E-state index contributed by atoms with van der Waals surface area (Å²) >= 11 is 5.70. The van der Waals surface area contributed by atoms with Crippen LogP contribution in [0.25, 0.3) is 0 Å². The molecule has 4 nitrogen and oxygen atoms in total. The molecule has 0 heterocycles. The SMILES string of the molecule is NC(=O)c1ccc(NC(=O)c2cc(F)c(F)cc2Cl)cc1. The molecule has 21 heavy (non-hydrogen) atoms. The second-order valence-electron chi connectivity index (χ2n) is 4.14. The van der Waals surface area contributed by atoms with Crippen molar-refractivity contribution in [3.8, 4) is 0 Å². The molecule has 0 saturated heterocycles. The second-order valence-corrected chi connectivity index (χ2v) is 4.55. The van der Waals surface area contributed by atoms with Crippen LogP contribution in [0, 0.1) is 11.6 Å². The van der Waals surface area contributed by atoms with Gasteiger partial charge in [-0.05, 0) is 36.4 Å². The van der Waals surface area contributed by atoms with Crippen molar-refractivity contribution in [2.75, 3.05) is 5.32 Å². The van der Waals surface area contributed by atoms with Gasteiger partial charge in [-0.2, -0.15) is 0 Å². The van der Waals surface area contributed by atoms with Crippen LogP contribution >= 0.6 is 11.6 Å². The molecule has 0 fully saturated rings. The zero-order valence-corrected chi connectivity index (χ0v) is 11.2. The third-order valence-corrected chi connectivity index (χ3v) is 2.99. The summed E-state index contributed by atoms with van der Waals surface area (Å²) in [5.74, 6) is -3.61. The van der Waals surface area contributed by atoms with Crippen LogP contribution in [0.3, 0.4) is 0 Å². The summed E-state index contributed by atoms with van der Waals surface area (Å²) in [6.07, 6.45) is 0.